The number of fused-ring (bicyclic) bond motifs is 6. The van der Waals surface area contributed by atoms with E-state index in [1.807, 2.05) is 38.7 Å². The van der Waals surface area contributed by atoms with Crippen molar-refractivity contribution in [1.29, 1.82) is 0 Å². The molecule has 5 heterocycles. The van der Waals surface area contributed by atoms with E-state index in [-0.39, 0.29) is 41.8 Å². The van der Waals surface area contributed by atoms with Gasteiger partial charge in [-0.25, -0.2) is 19.6 Å². The number of hydrogen-bond acceptors (Lipinski definition) is 10. The van der Waals surface area contributed by atoms with Crippen molar-refractivity contribution in [1.82, 2.24) is 40.4 Å². The Hall–Kier alpha value is -6.16. The quantitative estimate of drug-likeness (QED) is 0.110. The van der Waals surface area contributed by atoms with Crippen molar-refractivity contribution in [2.24, 2.45) is 11.8 Å². The molecule has 0 aliphatic carbocycles. The molecule has 4 amide bonds. The van der Waals surface area contributed by atoms with Gasteiger partial charge in [0.05, 0.1) is 55.8 Å². The molecule has 61 heavy (non-hydrogen) atoms. The number of amides is 4. The first-order valence-electron chi connectivity index (χ1n) is 21.0. The zero-order valence-corrected chi connectivity index (χ0v) is 35.7. The van der Waals surface area contributed by atoms with Gasteiger partial charge in [0, 0.05) is 36.6 Å². The van der Waals surface area contributed by atoms with Crippen LogP contribution in [0.1, 0.15) is 82.7 Å². The SMILES string of the molecule is CC[C@H](NC(=O)OC)C(=O)N1C[C@@H](COC)C[C@H]1c1ncc(-c2ccc3c(c2)COc2cc4c(ccc5[nH]c([C@@H]6CC[C@H](C)N6C(=O)[C@@H](NC(=O)OC)C(C)C)nc54)cc2-3)[nH]1. The molecule has 8 rings (SSSR count). The van der Waals surface area contributed by atoms with Crippen LogP contribution in [0.3, 0.4) is 0 Å². The van der Waals surface area contributed by atoms with E-state index in [9.17, 15) is 19.2 Å². The van der Waals surface area contributed by atoms with E-state index in [0.29, 0.717) is 44.2 Å². The highest BCUT2D eigenvalue weighted by Gasteiger charge is 2.42. The average Bonchev–Trinajstić information content (AvgIpc) is 4.09. The van der Waals surface area contributed by atoms with Crippen LogP contribution in [0.4, 0.5) is 9.59 Å². The van der Waals surface area contributed by atoms with Gasteiger partial charge in [0.25, 0.3) is 0 Å². The number of H-pyrrole nitrogens is 2. The molecule has 2 fully saturated rings. The first-order chi connectivity index (χ1) is 29.4. The van der Waals surface area contributed by atoms with Gasteiger partial charge >= 0.3 is 12.2 Å². The molecule has 0 bridgehead atoms. The second-order valence-corrected chi connectivity index (χ2v) is 16.7. The summed E-state index contributed by atoms with van der Waals surface area (Å²) in [6, 6.07) is 12.5. The first kappa shape index (κ1) is 41.6. The minimum Gasteiger partial charge on any atom is -0.488 e. The summed E-state index contributed by atoms with van der Waals surface area (Å²) < 4.78 is 21.5. The first-order valence-corrected chi connectivity index (χ1v) is 21.0. The number of carbonyl (C=O) groups is 4. The van der Waals surface area contributed by atoms with Gasteiger partial charge in [-0.3, -0.25) is 9.59 Å². The predicted molar refractivity (Wildman–Crippen MR) is 227 cm³/mol. The maximum atomic E-state index is 14.0. The van der Waals surface area contributed by atoms with Gasteiger partial charge < -0.3 is 49.3 Å². The van der Waals surface area contributed by atoms with E-state index in [2.05, 4.69) is 57.0 Å². The molecule has 6 atom stereocenters. The van der Waals surface area contributed by atoms with E-state index in [0.717, 1.165) is 68.3 Å². The Morgan fingerprint density at radius 2 is 1.70 bits per heavy atom. The summed E-state index contributed by atoms with van der Waals surface area (Å²) >= 11 is 0. The fourth-order valence-electron chi connectivity index (χ4n) is 9.29. The zero-order chi connectivity index (χ0) is 43.1. The number of aromatic nitrogens is 4. The van der Waals surface area contributed by atoms with Gasteiger partial charge in [-0.2, -0.15) is 0 Å². The van der Waals surface area contributed by atoms with Crippen LogP contribution >= 0.6 is 0 Å². The maximum Gasteiger partial charge on any atom is 0.407 e. The molecule has 322 valence electrons. The molecular weight excluding hydrogens is 781 g/mol. The minimum atomic E-state index is -0.729. The predicted octanol–water partition coefficient (Wildman–Crippen LogP) is 6.77. The number of nitrogens with zero attached hydrogens (tertiary/aromatic N) is 4. The molecule has 0 radical (unpaired) electrons. The number of rotatable bonds is 11. The second kappa shape index (κ2) is 17.1. The number of methoxy groups -OCH3 is 3. The van der Waals surface area contributed by atoms with Crippen LogP contribution in [0.2, 0.25) is 0 Å². The van der Waals surface area contributed by atoms with Crippen molar-refractivity contribution >= 4 is 45.8 Å². The standard InChI is InChI=1S/C45H54N8O8/c1-8-32(49-44(56)59-6)42(54)52-20-25(21-58-5)15-36(52)40-46-19-34(48-40)27-10-12-29-28(16-27)22-61-37-18-30-26(17-31(29)37)11-13-33-39(30)50-41(47-33)35-14-9-24(4)53(35)43(55)38(23(2)3)51-45(57)60-7/h10-13,16-19,23-25,32,35-36,38H,8-9,14-15,20-22H2,1-7H3,(H,46,48)(H,47,50)(H,49,56)(H,51,57)/t24-,25-,32-,35-,36-,38-/m0/s1. The molecular formula is C45H54N8O8. The third-order valence-corrected chi connectivity index (χ3v) is 12.5. The Bertz CT molecular complexity index is 2480. The number of likely N-dealkylation sites (tertiary alicyclic amines) is 2. The third-order valence-electron chi connectivity index (χ3n) is 12.5. The van der Waals surface area contributed by atoms with Gasteiger partial charge in [-0.05, 0) is 84.9 Å². The van der Waals surface area contributed by atoms with Crippen molar-refractivity contribution in [2.45, 2.75) is 90.2 Å². The summed E-state index contributed by atoms with van der Waals surface area (Å²) in [4.78, 5) is 72.4. The zero-order valence-electron chi connectivity index (χ0n) is 35.7. The van der Waals surface area contributed by atoms with Crippen molar-refractivity contribution in [2.75, 3.05) is 34.5 Å². The fourth-order valence-corrected chi connectivity index (χ4v) is 9.29. The summed E-state index contributed by atoms with van der Waals surface area (Å²) in [5.74, 6) is 1.78. The molecule has 4 N–H and O–H groups in total. The molecule has 16 heteroatoms. The fraction of sp³-hybridized carbons (Fsp3) is 0.467. The second-order valence-electron chi connectivity index (χ2n) is 16.7. The number of imidazole rings is 2. The summed E-state index contributed by atoms with van der Waals surface area (Å²) in [5, 5.41) is 7.36. The van der Waals surface area contributed by atoms with Crippen LogP contribution in [-0.2, 0) is 30.4 Å². The van der Waals surface area contributed by atoms with Crippen LogP contribution in [0, 0.1) is 11.8 Å². The number of carbonyl (C=O) groups excluding carboxylic acids is 4. The van der Waals surface area contributed by atoms with Gasteiger partial charge in [0.2, 0.25) is 11.8 Å². The highest BCUT2D eigenvalue weighted by Crippen LogP contribution is 2.44. The summed E-state index contributed by atoms with van der Waals surface area (Å²) in [5.41, 5.74) is 6.51. The number of alkyl carbamates (subject to hydrolysis) is 2. The molecule has 5 aromatic rings. The van der Waals surface area contributed by atoms with Gasteiger partial charge in [0.15, 0.2) is 0 Å². The lowest BCUT2D eigenvalue weighted by Gasteiger charge is -2.32. The van der Waals surface area contributed by atoms with Gasteiger partial charge in [-0.1, -0.05) is 39.0 Å². The Kier molecular flexibility index (Phi) is 11.6. The molecule has 0 saturated carbocycles. The smallest absolute Gasteiger partial charge is 0.407 e. The lowest BCUT2D eigenvalue weighted by Crippen LogP contribution is -2.52. The molecule has 0 unspecified atom stereocenters. The normalized spacial score (nSPS) is 20.6. The van der Waals surface area contributed by atoms with Crippen LogP contribution in [0.25, 0.3) is 44.2 Å². The van der Waals surface area contributed by atoms with E-state index < -0.39 is 24.3 Å². The molecule has 3 aliphatic rings. The molecule has 2 aromatic heterocycles. The molecule has 3 aromatic carbocycles. The number of aromatic amines is 2. The molecule has 2 saturated heterocycles. The lowest BCUT2D eigenvalue weighted by atomic mass is 9.92. The highest BCUT2D eigenvalue weighted by molar-refractivity contribution is 6.07. The Morgan fingerprint density at radius 3 is 2.44 bits per heavy atom. The summed E-state index contributed by atoms with van der Waals surface area (Å²) in [6.45, 7) is 9.05. The largest absolute Gasteiger partial charge is 0.488 e. The Labute approximate surface area is 354 Å². The topological polar surface area (TPSA) is 193 Å². The summed E-state index contributed by atoms with van der Waals surface area (Å²) in [7, 11) is 4.23. The molecule has 0 spiro atoms. The number of ether oxygens (including phenoxy) is 4. The molecule has 16 nitrogen and oxygen atoms in total. The highest BCUT2D eigenvalue weighted by atomic mass is 16.5. The van der Waals surface area contributed by atoms with Crippen molar-refractivity contribution < 1.29 is 38.1 Å². The van der Waals surface area contributed by atoms with Crippen LogP contribution in [0.15, 0.2) is 48.7 Å². The van der Waals surface area contributed by atoms with Crippen LogP contribution < -0.4 is 15.4 Å². The Balaban J connectivity index is 1.05. The van der Waals surface area contributed by atoms with E-state index in [1.54, 1.807) is 18.2 Å². The Morgan fingerprint density at radius 1 is 0.918 bits per heavy atom. The van der Waals surface area contributed by atoms with Crippen LogP contribution in [-0.4, -0.2) is 106 Å². The maximum absolute atomic E-state index is 14.0. The number of benzene rings is 3. The monoisotopic (exact) mass is 834 g/mol. The van der Waals surface area contributed by atoms with Gasteiger partial charge in [0.1, 0.15) is 36.1 Å². The number of nitrogens with one attached hydrogen (secondary N) is 4. The van der Waals surface area contributed by atoms with E-state index in [4.69, 9.17) is 28.9 Å². The van der Waals surface area contributed by atoms with Crippen LogP contribution in [0.5, 0.6) is 5.75 Å². The van der Waals surface area contributed by atoms with E-state index in [1.165, 1.54) is 14.2 Å². The molecule has 3 aliphatic heterocycles. The van der Waals surface area contributed by atoms with Gasteiger partial charge in [-0.15, -0.1) is 0 Å². The van der Waals surface area contributed by atoms with Crippen molar-refractivity contribution in [3.63, 3.8) is 0 Å². The lowest BCUT2D eigenvalue weighted by molar-refractivity contribution is -0.137. The van der Waals surface area contributed by atoms with Crippen molar-refractivity contribution in [3.8, 4) is 28.1 Å². The van der Waals surface area contributed by atoms with E-state index >= 15 is 0 Å². The van der Waals surface area contributed by atoms with Crippen molar-refractivity contribution in [3.05, 3.63) is 65.9 Å². The minimum absolute atomic E-state index is 0.0292. The summed E-state index contributed by atoms with van der Waals surface area (Å²) in [6.07, 6.45) is 3.16. The third kappa shape index (κ3) is 7.84. The average molecular weight is 835 g/mol. The number of hydrogen-bond donors (Lipinski definition) is 4.